The molecule has 0 spiro atoms. The summed E-state index contributed by atoms with van der Waals surface area (Å²) in [6.45, 7) is 6.37. The van der Waals surface area contributed by atoms with Crippen molar-refractivity contribution in [1.29, 1.82) is 0 Å². The minimum Gasteiger partial charge on any atom is -0.427 e. The fourth-order valence-corrected chi connectivity index (χ4v) is 4.83. The van der Waals surface area contributed by atoms with Gasteiger partial charge in [0.05, 0.1) is 17.5 Å². The van der Waals surface area contributed by atoms with Crippen LogP contribution in [0.4, 0.5) is 5.13 Å². The van der Waals surface area contributed by atoms with E-state index in [1.165, 1.54) is 28.0 Å². The first-order chi connectivity index (χ1) is 14.5. The van der Waals surface area contributed by atoms with Gasteiger partial charge in [-0.2, -0.15) is 0 Å². The summed E-state index contributed by atoms with van der Waals surface area (Å²) in [6.07, 6.45) is 1.62. The van der Waals surface area contributed by atoms with Crippen LogP contribution in [0.1, 0.15) is 33.4 Å². The number of hydrogen-bond donors (Lipinski definition) is 2. The van der Waals surface area contributed by atoms with Crippen LogP contribution in [0.2, 0.25) is 0 Å². The van der Waals surface area contributed by atoms with Crippen LogP contribution in [0.15, 0.2) is 17.2 Å². The van der Waals surface area contributed by atoms with Gasteiger partial charge < -0.3 is 20.5 Å². The van der Waals surface area contributed by atoms with E-state index in [4.69, 9.17) is 15.2 Å². The summed E-state index contributed by atoms with van der Waals surface area (Å²) in [6, 6.07) is -0.758. The second kappa shape index (κ2) is 8.87. The lowest BCUT2D eigenvalue weighted by atomic mass is 9.98. The number of thioether (sulfide) groups is 1. The van der Waals surface area contributed by atoms with E-state index in [9.17, 15) is 19.2 Å². The maximum atomic E-state index is 12.7. The van der Waals surface area contributed by atoms with Gasteiger partial charge in [-0.05, 0) is 33.8 Å². The summed E-state index contributed by atoms with van der Waals surface area (Å²) in [5, 5.41) is 4.23. The number of esters is 2. The number of nitrogen functional groups attached to an aromatic ring is 1. The largest absolute Gasteiger partial charge is 0.427 e. The number of nitrogens with two attached hydrogens (primary N) is 1. The molecule has 10 nitrogen and oxygen atoms in total. The molecule has 1 aromatic heterocycles. The molecule has 12 heteroatoms. The first-order valence-electron chi connectivity index (χ1n) is 9.51. The molecule has 2 aliphatic rings. The zero-order chi connectivity index (χ0) is 22.9. The minimum atomic E-state index is -0.769. The Hall–Kier alpha value is -2.60. The number of thiazole rings is 1. The molecular formula is C19H24N4O6S2. The Balaban J connectivity index is 1.58. The molecule has 1 aromatic rings. The van der Waals surface area contributed by atoms with Crippen molar-refractivity contribution in [3.8, 4) is 0 Å². The first kappa shape index (κ1) is 23.1. The number of fused-ring (bicyclic) bond motifs is 1. The van der Waals surface area contributed by atoms with E-state index in [-0.39, 0.29) is 23.3 Å². The molecule has 1 saturated heterocycles. The van der Waals surface area contributed by atoms with Gasteiger partial charge in [0.25, 0.3) is 5.91 Å². The number of amides is 2. The van der Waals surface area contributed by atoms with Crippen molar-refractivity contribution in [3.63, 3.8) is 0 Å². The molecule has 3 unspecified atom stereocenters. The number of hydrogen-bond acceptors (Lipinski definition) is 10. The second-order valence-electron chi connectivity index (χ2n) is 8.12. The number of β-lactam (4-membered cyclic amide) rings is 1. The van der Waals surface area contributed by atoms with Gasteiger partial charge in [0.1, 0.15) is 17.1 Å². The Morgan fingerprint density at radius 2 is 2.00 bits per heavy atom. The van der Waals surface area contributed by atoms with Crippen molar-refractivity contribution in [2.24, 2.45) is 5.41 Å². The summed E-state index contributed by atoms with van der Waals surface area (Å²) in [7, 11) is 0. The average Bonchev–Trinajstić information content (AvgIpc) is 3.08. The average molecular weight is 469 g/mol. The number of ether oxygens (including phenoxy) is 2. The van der Waals surface area contributed by atoms with Crippen LogP contribution in [0, 0.1) is 5.41 Å². The molecule has 0 saturated carbocycles. The highest BCUT2D eigenvalue weighted by molar-refractivity contribution is 8.00. The number of anilines is 1. The summed E-state index contributed by atoms with van der Waals surface area (Å²) < 4.78 is 9.98. The zero-order valence-corrected chi connectivity index (χ0v) is 19.2. The number of carbonyl (C=O) groups excluding carboxylic acids is 4. The Labute approximate surface area is 187 Å². The molecule has 0 radical (unpaired) electrons. The molecule has 0 aromatic carbocycles. The van der Waals surface area contributed by atoms with Gasteiger partial charge in [0.15, 0.2) is 5.13 Å². The Morgan fingerprint density at radius 3 is 2.61 bits per heavy atom. The van der Waals surface area contributed by atoms with Crippen molar-refractivity contribution >= 4 is 52.0 Å². The molecule has 3 atom stereocenters. The van der Waals surface area contributed by atoms with Crippen LogP contribution in [-0.4, -0.2) is 57.1 Å². The maximum absolute atomic E-state index is 12.7. The zero-order valence-electron chi connectivity index (χ0n) is 17.5. The number of rotatable bonds is 6. The maximum Gasteiger partial charge on any atom is 0.357 e. The lowest BCUT2D eigenvalue weighted by Gasteiger charge is -2.49. The Kier molecular flexibility index (Phi) is 6.60. The smallest absolute Gasteiger partial charge is 0.357 e. The normalized spacial score (nSPS) is 22.7. The van der Waals surface area contributed by atoms with Crippen LogP contribution >= 0.6 is 23.1 Å². The van der Waals surface area contributed by atoms with Gasteiger partial charge in [-0.1, -0.05) is 0 Å². The van der Waals surface area contributed by atoms with Crippen molar-refractivity contribution < 1.29 is 28.7 Å². The molecule has 3 rings (SSSR count). The van der Waals surface area contributed by atoms with E-state index in [0.717, 1.165) is 0 Å². The van der Waals surface area contributed by atoms with Crippen molar-refractivity contribution in [2.45, 2.75) is 50.8 Å². The van der Waals surface area contributed by atoms with Crippen molar-refractivity contribution in [1.82, 2.24) is 15.2 Å². The second-order valence-corrected chi connectivity index (χ2v) is 10.5. The van der Waals surface area contributed by atoms with Crippen molar-refractivity contribution in [2.75, 3.05) is 12.5 Å². The SMILES string of the molecule is CC1C=C(C(=O)OCOC(=O)C(C)(C)C)N2C(=O)C(NC(=O)Cc3csc(N)n3)C2S1. The predicted molar refractivity (Wildman–Crippen MR) is 114 cm³/mol. The van der Waals surface area contributed by atoms with Crippen LogP contribution in [0.5, 0.6) is 0 Å². The standard InChI is InChI=1S/C19H24N4O6S2/c1-9-5-11(16(26)28-8-29-17(27)19(2,3)4)23-14(25)13(15(23)31-9)22-12(24)6-10-7-30-18(20)21-10/h5,7,9,13,15H,6,8H2,1-4H3,(H2,20,21)(H,22,24). The molecule has 3 heterocycles. The summed E-state index contributed by atoms with van der Waals surface area (Å²) in [5.74, 6) is -2.05. The molecule has 2 aliphatic heterocycles. The van der Waals surface area contributed by atoms with E-state index >= 15 is 0 Å². The molecule has 2 amide bonds. The van der Waals surface area contributed by atoms with Crippen LogP contribution in [0.3, 0.4) is 0 Å². The topological polar surface area (TPSA) is 141 Å². The molecule has 0 aliphatic carbocycles. The predicted octanol–water partition coefficient (Wildman–Crippen LogP) is 1.03. The number of aromatic nitrogens is 1. The number of nitrogens with one attached hydrogen (secondary N) is 1. The van der Waals surface area contributed by atoms with Crippen LogP contribution in [0.25, 0.3) is 0 Å². The van der Waals surface area contributed by atoms with E-state index < -0.39 is 41.5 Å². The van der Waals surface area contributed by atoms with E-state index in [2.05, 4.69) is 10.3 Å². The van der Waals surface area contributed by atoms with Crippen molar-refractivity contribution in [3.05, 3.63) is 22.8 Å². The summed E-state index contributed by atoms with van der Waals surface area (Å²) in [5.41, 5.74) is 5.45. The van der Waals surface area contributed by atoms with Gasteiger partial charge >= 0.3 is 11.9 Å². The van der Waals surface area contributed by atoms with Gasteiger partial charge in [-0.15, -0.1) is 23.1 Å². The number of carbonyl (C=O) groups is 4. The highest BCUT2D eigenvalue weighted by Gasteiger charge is 2.54. The van der Waals surface area contributed by atoms with Crippen LogP contribution < -0.4 is 11.1 Å². The molecule has 0 bridgehead atoms. The fraction of sp³-hybridized carbons (Fsp3) is 0.526. The lowest BCUT2D eigenvalue weighted by molar-refractivity contribution is -0.173. The highest BCUT2D eigenvalue weighted by atomic mass is 32.2. The monoisotopic (exact) mass is 468 g/mol. The van der Waals surface area contributed by atoms with E-state index in [1.807, 2.05) is 6.92 Å². The van der Waals surface area contributed by atoms with E-state index in [1.54, 1.807) is 32.2 Å². The first-order valence-corrected chi connectivity index (χ1v) is 11.3. The summed E-state index contributed by atoms with van der Waals surface area (Å²) in [4.78, 5) is 54.6. The third-order valence-corrected chi connectivity index (χ3v) is 6.53. The quantitative estimate of drug-likeness (QED) is 0.356. The highest BCUT2D eigenvalue weighted by Crippen LogP contribution is 2.41. The summed E-state index contributed by atoms with van der Waals surface area (Å²) >= 11 is 2.68. The lowest BCUT2D eigenvalue weighted by Crippen LogP contribution is -2.70. The Bertz CT molecular complexity index is 938. The molecule has 1 fully saturated rings. The fourth-order valence-electron chi connectivity index (χ4n) is 2.94. The minimum absolute atomic E-state index is 0.00824. The third-order valence-electron chi connectivity index (χ3n) is 4.48. The van der Waals surface area contributed by atoms with Gasteiger partial charge in [-0.25, -0.2) is 9.78 Å². The van der Waals surface area contributed by atoms with Gasteiger partial charge in [-0.3, -0.25) is 19.3 Å². The molecule has 3 N–H and O–H groups in total. The van der Waals surface area contributed by atoms with E-state index in [0.29, 0.717) is 10.8 Å². The molecular weight excluding hydrogens is 444 g/mol. The molecule has 168 valence electrons. The number of nitrogens with zero attached hydrogens (tertiary/aromatic N) is 2. The van der Waals surface area contributed by atoms with Crippen LogP contribution in [-0.2, 0) is 35.1 Å². The third kappa shape index (κ3) is 5.18. The molecule has 31 heavy (non-hydrogen) atoms. The van der Waals surface area contributed by atoms with Gasteiger partial charge in [0.2, 0.25) is 12.7 Å². The van der Waals surface area contributed by atoms with Gasteiger partial charge in [0, 0.05) is 10.6 Å². The Morgan fingerprint density at radius 1 is 1.29 bits per heavy atom.